The van der Waals surface area contributed by atoms with Crippen molar-refractivity contribution in [1.29, 1.82) is 0 Å². The quantitative estimate of drug-likeness (QED) is 0.413. The number of thiazole rings is 1. The van der Waals surface area contributed by atoms with Crippen molar-refractivity contribution in [2.75, 3.05) is 0 Å². The zero-order valence-corrected chi connectivity index (χ0v) is 16.4. The molecule has 7 heteroatoms. The summed E-state index contributed by atoms with van der Waals surface area (Å²) in [6.07, 6.45) is 0. The van der Waals surface area contributed by atoms with E-state index in [2.05, 4.69) is 27.7 Å². The molecule has 0 aliphatic heterocycles. The molecule has 0 fully saturated rings. The number of hydrogen-bond acceptors (Lipinski definition) is 5. The van der Waals surface area contributed by atoms with Gasteiger partial charge in [0, 0.05) is 34.3 Å². The lowest BCUT2D eigenvalue weighted by Gasteiger charge is -2.03. The number of halogens is 1. The van der Waals surface area contributed by atoms with Gasteiger partial charge in [-0.2, -0.15) is 0 Å². The molecule has 0 atom stereocenters. The van der Waals surface area contributed by atoms with Crippen LogP contribution in [0, 0.1) is 0 Å². The average Bonchev–Trinajstić information content (AvgIpc) is 3.29. The summed E-state index contributed by atoms with van der Waals surface area (Å²) in [5, 5.41) is 13.3. The number of rotatable bonds is 5. The molecule has 26 heavy (non-hydrogen) atoms. The Hall–Kier alpha value is -2.15. The topological polar surface area (TPSA) is 43.6 Å². The Morgan fingerprint density at radius 3 is 2.54 bits per heavy atom. The van der Waals surface area contributed by atoms with E-state index in [0.29, 0.717) is 5.02 Å². The second-order valence-corrected chi connectivity index (χ2v) is 7.91. The lowest BCUT2D eigenvalue weighted by Crippen LogP contribution is -1.95. The maximum Gasteiger partial charge on any atom is 0.191 e. The summed E-state index contributed by atoms with van der Waals surface area (Å²) in [5.74, 6) is 1.59. The molecule has 0 amide bonds. The van der Waals surface area contributed by atoms with E-state index in [-0.39, 0.29) is 0 Å². The molecule has 0 N–H and O–H groups in total. The van der Waals surface area contributed by atoms with Crippen molar-refractivity contribution in [2.24, 2.45) is 7.05 Å². The summed E-state index contributed by atoms with van der Waals surface area (Å²) >= 11 is 9.26. The molecule has 4 nitrogen and oxygen atoms in total. The van der Waals surface area contributed by atoms with Gasteiger partial charge < -0.3 is 4.57 Å². The van der Waals surface area contributed by atoms with E-state index in [9.17, 15) is 0 Å². The monoisotopic (exact) mass is 398 g/mol. The third-order valence-electron chi connectivity index (χ3n) is 3.86. The van der Waals surface area contributed by atoms with Crippen LogP contribution in [-0.4, -0.2) is 19.7 Å². The summed E-state index contributed by atoms with van der Waals surface area (Å²) in [6.45, 7) is 0. The Morgan fingerprint density at radius 1 is 1.00 bits per heavy atom. The first-order valence-corrected chi connectivity index (χ1v) is 10.2. The number of aromatic nitrogens is 4. The molecule has 0 unspecified atom stereocenters. The summed E-state index contributed by atoms with van der Waals surface area (Å²) in [7, 11) is 1.97. The molecule has 0 aliphatic carbocycles. The Labute approximate surface area is 164 Å². The van der Waals surface area contributed by atoms with Crippen LogP contribution in [0.3, 0.4) is 0 Å². The van der Waals surface area contributed by atoms with Gasteiger partial charge in [-0.3, -0.25) is 0 Å². The molecule has 4 aromatic rings. The largest absolute Gasteiger partial charge is 0.305 e. The van der Waals surface area contributed by atoms with Gasteiger partial charge in [0.25, 0.3) is 0 Å². The summed E-state index contributed by atoms with van der Waals surface area (Å²) < 4.78 is 2.00. The highest BCUT2D eigenvalue weighted by Crippen LogP contribution is 2.29. The molecule has 0 bridgehead atoms. The van der Waals surface area contributed by atoms with E-state index in [1.165, 1.54) is 0 Å². The zero-order chi connectivity index (χ0) is 17.9. The molecule has 4 rings (SSSR count). The molecule has 0 spiro atoms. The van der Waals surface area contributed by atoms with Crippen LogP contribution in [0.5, 0.6) is 0 Å². The maximum atomic E-state index is 5.96. The second kappa shape index (κ2) is 7.61. The van der Waals surface area contributed by atoms with E-state index in [1.54, 1.807) is 23.1 Å². The Kier molecular flexibility index (Phi) is 5.06. The second-order valence-electron chi connectivity index (χ2n) is 5.67. The molecule has 130 valence electrons. The molecule has 2 aromatic heterocycles. The highest BCUT2D eigenvalue weighted by Gasteiger charge is 2.12. The minimum Gasteiger partial charge on any atom is -0.305 e. The number of benzene rings is 2. The van der Waals surface area contributed by atoms with Crippen molar-refractivity contribution in [3.05, 3.63) is 70.7 Å². The van der Waals surface area contributed by atoms with Crippen molar-refractivity contribution in [2.45, 2.75) is 10.9 Å². The van der Waals surface area contributed by atoms with Gasteiger partial charge in [0.1, 0.15) is 5.01 Å². The molecule has 0 saturated heterocycles. The van der Waals surface area contributed by atoms with E-state index >= 15 is 0 Å². The van der Waals surface area contributed by atoms with Crippen LogP contribution >= 0.6 is 34.7 Å². The van der Waals surface area contributed by atoms with Crippen LogP contribution < -0.4 is 0 Å². The Balaban J connectivity index is 1.47. The van der Waals surface area contributed by atoms with Gasteiger partial charge in [-0.1, -0.05) is 53.7 Å². The van der Waals surface area contributed by atoms with Crippen molar-refractivity contribution >= 4 is 34.7 Å². The van der Waals surface area contributed by atoms with Crippen LogP contribution in [0.4, 0.5) is 0 Å². The van der Waals surface area contributed by atoms with Gasteiger partial charge in [-0.15, -0.1) is 21.5 Å². The minimum atomic E-state index is 0.711. The number of nitrogens with zero attached hydrogens (tertiary/aromatic N) is 4. The molecule has 2 heterocycles. The van der Waals surface area contributed by atoms with Crippen molar-refractivity contribution < 1.29 is 0 Å². The van der Waals surface area contributed by atoms with Gasteiger partial charge in [-0.25, -0.2) is 4.98 Å². The first-order chi connectivity index (χ1) is 12.7. The SMILES string of the molecule is Cn1c(SCc2csc(-c3ccccc3)n2)nnc1-c1ccc(Cl)cc1. The normalized spacial score (nSPS) is 11.0. The predicted molar refractivity (Wildman–Crippen MR) is 109 cm³/mol. The Bertz CT molecular complexity index is 1010. The van der Waals surface area contributed by atoms with Gasteiger partial charge in [0.05, 0.1) is 5.69 Å². The van der Waals surface area contributed by atoms with Gasteiger partial charge in [-0.05, 0) is 24.3 Å². The smallest absolute Gasteiger partial charge is 0.191 e. The molecular weight excluding hydrogens is 384 g/mol. The van der Waals surface area contributed by atoms with Crippen LogP contribution in [-0.2, 0) is 12.8 Å². The molecule has 2 aromatic carbocycles. The van der Waals surface area contributed by atoms with Crippen molar-refractivity contribution in [3.8, 4) is 22.0 Å². The van der Waals surface area contributed by atoms with E-state index in [1.807, 2.05) is 54.1 Å². The van der Waals surface area contributed by atoms with Gasteiger partial charge >= 0.3 is 0 Å². The molecular formula is C19H15ClN4S2. The van der Waals surface area contributed by atoms with Crippen molar-refractivity contribution in [1.82, 2.24) is 19.7 Å². The molecule has 0 aliphatic rings. The van der Waals surface area contributed by atoms with Crippen LogP contribution in [0.1, 0.15) is 5.69 Å². The minimum absolute atomic E-state index is 0.711. The zero-order valence-electron chi connectivity index (χ0n) is 14.0. The third kappa shape index (κ3) is 3.67. The first-order valence-electron chi connectivity index (χ1n) is 7.98. The fraction of sp³-hybridized carbons (Fsp3) is 0.105. The van der Waals surface area contributed by atoms with Crippen LogP contribution in [0.15, 0.2) is 65.1 Å². The Morgan fingerprint density at radius 2 is 1.77 bits per heavy atom. The van der Waals surface area contributed by atoms with Crippen molar-refractivity contribution in [3.63, 3.8) is 0 Å². The fourth-order valence-corrected chi connectivity index (χ4v) is 4.38. The van der Waals surface area contributed by atoms with Gasteiger partial charge in [0.2, 0.25) is 0 Å². The highest BCUT2D eigenvalue weighted by molar-refractivity contribution is 7.98. The first kappa shape index (κ1) is 17.3. The summed E-state index contributed by atoms with van der Waals surface area (Å²) in [5.41, 5.74) is 3.20. The maximum absolute atomic E-state index is 5.96. The summed E-state index contributed by atoms with van der Waals surface area (Å²) in [6, 6.07) is 17.9. The van der Waals surface area contributed by atoms with E-state index in [4.69, 9.17) is 16.6 Å². The fourth-order valence-electron chi connectivity index (χ4n) is 2.52. The highest BCUT2D eigenvalue weighted by atomic mass is 35.5. The lowest BCUT2D eigenvalue weighted by atomic mass is 10.2. The van der Waals surface area contributed by atoms with Crippen LogP contribution in [0.2, 0.25) is 5.02 Å². The standard InChI is InChI=1S/C19H15ClN4S2/c1-24-17(13-7-9-15(20)10-8-13)22-23-19(24)26-12-16-11-25-18(21-16)14-5-3-2-4-6-14/h2-11H,12H2,1H3. The molecule has 0 saturated carbocycles. The van der Waals surface area contributed by atoms with E-state index in [0.717, 1.165) is 38.6 Å². The lowest BCUT2D eigenvalue weighted by molar-refractivity contribution is 0.793. The average molecular weight is 399 g/mol. The predicted octanol–water partition coefficient (Wildman–Crippen LogP) is 5.55. The van der Waals surface area contributed by atoms with Gasteiger partial charge in [0.15, 0.2) is 11.0 Å². The third-order valence-corrected chi connectivity index (χ3v) is 6.10. The van der Waals surface area contributed by atoms with Crippen LogP contribution in [0.25, 0.3) is 22.0 Å². The number of thioether (sulfide) groups is 1. The number of hydrogen-bond donors (Lipinski definition) is 0. The molecule has 0 radical (unpaired) electrons. The summed E-state index contributed by atoms with van der Waals surface area (Å²) in [4.78, 5) is 4.73. The van der Waals surface area contributed by atoms with E-state index < -0.39 is 0 Å².